The van der Waals surface area contributed by atoms with Crippen molar-refractivity contribution < 1.29 is 9.18 Å². The number of hydrogen-bond donors (Lipinski definition) is 0. The van der Waals surface area contributed by atoms with Crippen molar-refractivity contribution in [2.45, 2.75) is 25.2 Å². The van der Waals surface area contributed by atoms with Gasteiger partial charge in [0.05, 0.1) is 0 Å². The molecule has 142 valence electrons. The molecule has 3 heterocycles. The van der Waals surface area contributed by atoms with Crippen molar-refractivity contribution in [2.24, 2.45) is 0 Å². The summed E-state index contributed by atoms with van der Waals surface area (Å²) in [6.07, 6.45) is 5.70. The van der Waals surface area contributed by atoms with Gasteiger partial charge in [-0.2, -0.15) is 0 Å². The largest absolute Gasteiger partial charge is 0.339 e. The van der Waals surface area contributed by atoms with Crippen LogP contribution >= 0.6 is 0 Å². The second kappa shape index (κ2) is 8.30. The summed E-state index contributed by atoms with van der Waals surface area (Å²) in [5.41, 5.74) is 3.61. The maximum absolute atomic E-state index is 13.4. The Kier molecular flexibility index (Phi) is 5.42. The molecule has 0 aliphatic carbocycles. The molecule has 0 spiro atoms. The molecule has 1 saturated heterocycles. The predicted molar refractivity (Wildman–Crippen MR) is 106 cm³/mol. The van der Waals surface area contributed by atoms with Crippen molar-refractivity contribution in [3.8, 4) is 0 Å². The lowest BCUT2D eigenvalue weighted by Crippen LogP contribution is -2.38. The van der Waals surface area contributed by atoms with E-state index >= 15 is 0 Å². The Labute approximate surface area is 164 Å². The van der Waals surface area contributed by atoms with E-state index in [-0.39, 0.29) is 11.7 Å². The number of carbonyl (C=O) groups excluding carboxylic acids is 1. The average Bonchev–Trinajstić information content (AvgIpc) is 2.74. The molecular weight excluding hydrogens is 353 g/mol. The highest BCUT2D eigenvalue weighted by Crippen LogP contribution is 2.28. The van der Waals surface area contributed by atoms with Crippen molar-refractivity contribution in [1.82, 2.24) is 14.9 Å². The summed E-state index contributed by atoms with van der Waals surface area (Å²) in [4.78, 5) is 23.3. The minimum Gasteiger partial charge on any atom is -0.339 e. The number of amides is 1. The summed E-state index contributed by atoms with van der Waals surface area (Å²) in [5, 5.41) is 0. The van der Waals surface area contributed by atoms with Gasteiger partial charge in [0, 0.05) is 54.8 Å². The number of aromatic nitrogens is 2. The van der Waals surface area contributed by atoms with Crippen LogP contribution in [0.5, 0.6) is 0 Å². The van der Waals surface area contributed by atoms with E-state index in [0.29, 0.717) is 17.9 Å². The molecule has 1 aromatic carbocycles. The third kappa shape index (κ3) is 4.25. The third-order valence-corrected chi connectivity index (χ3v) is 5.23. The second-order valence-corrected chi connectivity index (χ2v) is 7.16. The first kappa shape index (κ1) is 18.3. The maximum Gasteiger partial charge on any atom is 0.253 e. The van der Waals surface area contributed by atoms with Gasteiger partial charge in [-0.15, -0.1) is 0 Å². The van der Waals surface area contributed by atoms with Crippen molar-refractivity contribution in [3.05, 3.63) is 95.3 Å². The molecule has 1 amide bonds. The summed E-state index contributed by atoms with van der Waals surface area (Å²) in [6, 6.07) is 16.2. The molecule has 0 bridgehead atoms. The summed E-state index contributed by atoms with van der Waals surface area (Å²) >= 11 is 0. The van der Waals surface area contributed by atoms with Crippen LogP contribution in [0.1, 0.15) is 46.1 Å². The Morgan fingerprint density at radius 3 is 2.54 bits per heavy atom. The molecule has 1 fully saturated rings. The summed E-state index contributed by atoms with van der Waals surface area (Å²) in [6.45, 7) is 1.45. The number of carbonyl (C=O) groups is 1. The quantitative estimate of drug-likeness (QED) is 0.686. The Hall–Kier alpha value is -3.08. The topological polar surface area (TPSA) is 46.1 Å². The fraction of sp³-hybridized carbons (Fsp3) is 0.261. The molecular formula is C23H22FN3O. The van der Waals surface area contributed by atoms with E-state index in [0.717, 1.165) is 42.9 Å². The predicted octanol–water partition coefficient (Wildman–Crippen LogP) is 4.23. The van der Waals surface area contributed by atoms with E-state index in [1.54, 1.807) is 36.7 Å². The normalized spacial score (nSPS) is 14.8. The lowest BCUT2D eigenvalue weighted by molar-refractivity contribution is 0.0712. The fourth-order valence-electron chi connectivity index (χ4n) is 3.74. The maximum atomic E-state index is 13.4. The number of halogens is 1. The van der Waals surface area contributed by atoms with Crippen LogP contribution in [0.25, 0.3) is 0 Å². The van der Waals surface area contributed by atoms with Crippen LogP contribution in [0.3, 0.4) is 0 Å². The zero-order chi connectivity index (χ0) is 19.3. The van der Waals surface area contributed by atoms with Gasteiger partial charge in [0.25, 0.3) is 5.91 Å². The van der Waals surface area contributed by atoms with Gasteiger partial charge in [-0.1, -0.05) is 18.2 Å². The van der Waals surface area contributed by atoms with Crippen molar-refractivity contribution in [3.63, 3.8) is 0 Å². The van der Waals surface area contributed by atoms with Gasteiger partial charge >= 0.3 is 0 Å². The molecule has 3 aromatic rings. The van der Waals surface area contributed by atoms with E-state index in [4.69, 9.17) is 4.98 Å². The van der Waals surface area contributed by atoms with Crippen LogP contribution in [0.4, 0.5) is 4.39 Å². The minimum atomic E-state index is -0.222. The first-order valence-corrected chi connectivity index (χ1v) is 9.58. The van der Waals surface area contributed by atoms with Gasteiger partial charge < -0.3 is 4.90 Å². The van der Waals surface area contributed by atoms with Crippen LogP contribution in [0.2, 0.25) is 0 Å². The van der Waals surface area contributed by atoms with Crippen LogP contribution < -0.4 is 0 Å². The number of hydrogen-bond acceptors (Lipinski definition) is 3. The van der Waals surface area contributed by atoms with Crippen LogP contribution in [-0.2, 0) is 6.42 Å². The molecule has 0 saturated carbocycles. The molecule has 0 N–H and O–H groups in total. The summed E-state index contributed by atoms with van der Waals surface area (Å²) in [5.74, 6) is 0.183. The zero-order valence-electron chi connectivity index (χ0n) is 15.6. The molecule has 2 aromatic heterocycles. The number of nitrogens with zero attached hydrogens (tertiary/aromatic N) is 3. The Morgan fingerprint density at radius 1 is 1.04 bits per heavy atom. The van der Waals surface area contributed by atoms with Crippen LogP contribution in [-0.4, -0.2) is 33.9 Å². The van der Waals surface area contributed by atoms with Crippen LogP contribution in [0.15, 0.2) is 67.0 Å². The SMILES string of the molecule is O=C(c1ccncc1)N1CCC(c2cccc(Cc3cccc(F)c3)n2)CC1. The molecule has 4 rings (SSSR count). The highest BCUT2D eigenvalue weighted by atomic mass is 19.1. The molecule has 0 atom stereocenters. The van der Waals surface area contributed by atoms with Gasteiger partial charge in [-0.25, -0.2) is 4.39 Å². The Bertz CT molecular complexity index is 953. The summed E-state index contributed by atoms with van der Waals surface area (Å²) in [7, 11) is 0. The molecule has 0 unspecified atom stereocenters. The minimum absolute atomic E-state index is 0.0636. The molecule has 28 heavy (non-hydrogen) atoms. The van der Waals surface area contributed by atoms with Crippen molar-refractivity contribution in [2.75, 3.05) is 13.1 Å². The van der Waals surface area contributed by atoms with Gasteiger partial charge in [0.15, 0.2) is 0 Å². The molecule has 1 aliphatic heterocycles. The fourth-order valence-corrected chi connectivity index (χ4v) is 3.74. The Balaban J connectivity index is 1.40. The Morgan fingerprint density at radius 2 is 1.79 bits per heavy atom. The van der Waals surface area contributed by atoms with Crippen molar-refractivity contribution >= 4 is 5.91 Å². The average molecular weight is 375 g/mol. The standard InChI is InChI=1S/C23H22FN3O/c24-20-4-1-3-17(15-20)16-21-5-2-6-22(26-21)18-9-13-27(14-10-18)23(28)19-7-11-25-12-8-19/h1-8,11-12,15,18H,9-10,13-14,16H2. The molecule has 0 radical (unpaired) electrons. The number of likely N-dealkylation sites (tertiary alicyclic amines) is 1. The highest BCUT2D eigenvalue weighted by molar-refractivity contribution is 5.94. The lowest BCUT2D eigenvalue weighted by atomic mass is 9.92. The van der Waals surface area contributed by atoms with Gasteiger partial charge in [-0.3, -0.25) is 14.8 Å². The lowest BCUT2D eigenvalue weighted by Gasteiger charge is -2.32. The van der Waals surface area contributed by atoms with E-state index in [9.17, 15) is 9.18 Å². The molecule has 1 aliphatic rings. The zero-order valence-corrected chi connectivity index (χ0v) is 15.6. The molecule has 4 nitrogen and oxygen atoms in total. The molecule has 5 heteroatoms. The monoisotopic (exact) mass is 375 g/mol. The first-order valence-electron chi connectivity index (χ1n) is 9.58. The number of benzene rings is 1. The highest BCUT2D eigenvalue weighted by Gasteiger charge is 2.25. The number of piperidine rings is 1. The van der Waals surface area contributed by atoms with Gasteiger partial charge in [0.1, 0.15) is 5.82 Å². The summed E-state index contributed by atoms with van der Waals surface area (Å²) < 4.78 is 13.4. The smallest absolute Gasteiger partial charge is 0.253 e. The van der Waals surface area contributed by atoms with Gasteiger partial charge in [-0.05, 0) is 54.8 Å². The van der Waals surface area contributed by atoms with E-state index in [1.165, 1.54) is 6.07 Å². The number of rotatable bonds is 4. The van der Waals surface area contributed by atoms with Crippen molar-refractivity contribution in [1.29, 1.82) is 0 Å². The second-order valence-electron chi connectivity index (χ2n) is 7.16. The van der Waals surface area contributed by atoms with E-state index in [2.05, 4.69) is 11.1 Å². The van der Waals surface area contributed by atoms with Crippen LogP contribution in [0, 0.1) is 5.82 Å². The van der Waals surface area contributed by atoms with Gasteiger partial charge in [0.2, 0.25) is 0 Å². The van der Waals surface area contributed by atoms with E-state index < -0.39 is 0 Å². The third-order valence-electron chi connectivity index (χ3n) is 5.23. The first-order chi connectivity index (χ1) is 13.7. The van der Waals surface area contributed by atoms with E-state index in [1.807, 2.05) is 23.1 Å². The number of pyridine rings is 2.